The zero-order chi connectivity index (χ0) is 11.3. The van der Waals surface area contributed by atoms with Crippen molar-refractivity contribution in [3.8, 4) is 0 Å². The maximum absolute atomic E-state index is 11.7. The molecule has 0 heterocycles. The van der Waals surface area contributed by atoms with Crippen LogP contribution in [0.25, 0.3) is 4.85 Å². The number of sulfone groups is 1. The highest BCUT2D eigenvalue weighted by atomic mass is 32.2. The van der Waals surface area contributed by atoms with Gasteiger partial charge in [0.1, 0.15) is 0 Å². The molecule has 0 saturated heterocycles. The Bertz CT molecular complexity index is 454. The molecule has 3 nitrogen and oxygen atoms in total. The van der Waals surface area contributed by atoms with Crippen molar-refractivity contribution in [3.05, 3.63) is 41.2 Å². The van der Waals surface area contributed by atoms with Crippen LogP contribution in [0.5, 0.6) is 0 Å². The highest BCUT2D eigenvalue weighted by molar-refractivity contribution is 7.91. The number of hydrogen-bond donors (Lipinski definition) is 0. The van der Waals surface area contributed by atoms with Gasteiger partial charge in [-0.3, -0.25) is 0 Å². The summed E-state index contributed by atoms with van der Waals surface area (Å²) in [7, 11) is -3.19. The van der Waals surface area contributed by atoms with Gasteiger partial charge in [-0.15, -0.1) is 0 Å². The molecule has 0 aromatic heterocycles. The van der Waals surface area contributed by atoms with Crippen LogP contribution in [0, 0.1) is 13.5 Å². The van der Waals surface area contributed by atoms with E-state index in [9.17, 15) is 8.42 Å². The number of rotatable bonds is 4. The minimum Gasteiger partial charge on any atom is -0.317 e. The van der Waals surface area contributed by atoms with E-state index >= 15 is 0 Å². The van der Waals surface area contributed by atoms with Gasteiger partial charge in [0, 0.05) is 6.42 Å². The van der Waals surface area contributed by atoms with E-state index in [4.69, 9.17) is 6.57 Å². The average Bonchev–Trinajstić information content (AvgIpc) is 2.18. The van der Waals surface area contributed by atoms with Gasteiger partial charge in [0.2, 0.25) is 6.54 Å². The van der Waals surface area contributed by atoms with Crippen LogP contribution in [-0.2, 0) is 9.84 Å². The summed E-state index contributed by atoms with van der Waals surface area (Å²) >= 11 is 0. The lowest BCUT2D eigenvalue weighted by molar-refractivity contribution is 0.594. The molecule has 0 fully saturated rings. The van der Waals surface area contributed by atoms with Crippen molar-refractivity contribution in [1.29, 1.82) is 0 Å². The predicted octanol–water partition coefficient (Wildman–Crippen LogP) is 2.08. The fourth-order valence-electron chi connectivity index (χ4n) is 1.20. The minimum absolute atomic E-state index is 0.0540. The average molecular weight is 223 g/mol. The van der Waals surface area contributed by atoms with Crippen molar-refractivity contribution in [2.45, 2.75) is 18.2 Å². The van der Waals surface area contributed by atoms with Crippen molar-refractivity contribution in [3.63, 3.8) is 0 Å². The highest BCUT2D eigenvalue weighted by Gasteiger charge is 2.13. The number of aryl methyl sites for hydroxylation is 1. The maximum atomic E-state index is 11.7. The highest BCUT2D eigenvalue weighted by Crippen LogP contribution is 2.12. The molecule has 1 aromatic carbocycles. The predicted molar refractivity (Wildman–Crippen MR) is 59.3 cm³/mol. The van der Waals surface area contributed by atoms with Gasteiger partial charge in [-0.1, -0.05) is 17.7 Å². The van der Waals surface area contributed by atoms with Crippen molar-refractivity contribution in [2.24, 2.45) is 0 Å². The zero-order valence-corrected chi connectivity index (χ0v) is 9.42. The van der Waals surface area contributed by atoms with Crippen LogP contribution in [0.15, 0.2) is 29.2 Å². The minimum atomic E-state index is -3.19. The second-order valence-corrected chi connectivity index (χ2v) is 5.48. The standard InChI is InChI=1S/C11H13NO2S/c1-10-4-6-11(7-5-10)15(13,14)9-3-8-12-2/h4-7H,3,8-9H2,1H3. The third-order valence-electron chi connectivity index (χ3n) is 2.06. The first-order valence-corrected chi connectivity index (χ1v) is 6.34. The van der Waals surface area contributed by atoms with Crippen LogP contribution in [-0.4, -0.2) is 20.7 Å². The van der Waals surface area contributed by atoms with Crippen LogP contribution in [0.3, 0.4) is 0 Å². The Balaban J connectivity index is 2.79. The lowest BCUT2D eigenvalue weighted by Crippen LogP contribution is -2.07. The molecule has 0 bridgehead atoms. The van der Waals surface area contributed by atoms with Gasteiger partial charge < -0.3 is 4.85 Å². The molecule has 0 spiro atoms. The van der Waals surface area contributed by atoms with E-state index in [0.29, 0.717) is 11.3 Å². The summed E-state index contributed by atoms with van der Waals surface area (Å²) in [5.41, 5.74) is 1.04. The van der Waals surface area contributed by atoms with Crippen molar-refractivity contribution < 1.29 is 8.42 Å². The summed E-state index contributed by atoms with van der Waals surface area (Å²) in [6, 6.07) is 6.79. The third-order valence-corrected chi connectivity index (χ3v) is 3.88. The van der Waals surface area contributed by atoms with Gasteiger partial charge in [-0.25, -0.2) is 15.0 Å². The number of nitrogens with zero attached hydrogens (tertiary/aromatic N) is 1. The van der Waals surface area contributed by atoms with Gasteiger partial charge in [-0.05, 0) is 19.1 Å². The van der Waals surface area contributed by atoms with E-state index in [1.165, 1.54) is 0 Å². The molecular weight excluding hydrogens is 210 g/mol. The number of benzene rings is 1. The molecular formula is C11H13NO2S. The Labute approximate surface area is 90.5 Å². The smallest absolute Gasteiger partial charge is 0.215 e. The van der Waals surface area contributed by atoms with Gasteiger partial charge in [0.25, 0.3) is 0 Å². The molecule has 0 N–H and O–H groups in total. The van der Waals surface area contributed by atoms with Crippen LogP contribution in [0.4, 0.5) is 0 Å². The Morgan fingerprint density at radius 2 is 1.87 bits per heavy atom. The molecule has 15 heavy (non-hydrogen) atoms. The maximum Gasteiger partial charge on any atom is 0.215 e. The monoisotopic (exact) mass is 223 g/mol. The summed E-state index contributed by atoms with van der Waals surface area (Å²) in [6.07, 6.45) is 0.402. The van der Waals surface area contributed by atoms with E-state index in [0.717, 1.165) is 5.56 Å². The van der Waals surface area contributed by atoms with E-state index in [-0.39, 0.29) is 12.3 Å². The molecule has 0 aliphatic rings. The largest absolute Gasteiger partial charge is 0.317 e. The van der Waals surface area contributed by atoms with E-state index in [2.05, 4.69) is 4.85 Å². The molecule has 0 aliphatic carbocycles. The van der Waals surface area contributed by atoms with Gasteiger partial charge in [0.05, 0.1) is 10.6 Å². The molecule has 0 radical (unpaired) electrons. The molecule has 1 rings (SSSR count). The summed E-state index contributed by atoms with van der Waals surface area (Å²) in [5, 5.41) is 0. The summed E-state index contributed by atoms with van der Waals surface area (Å²) in [5.74, 6) is 0.0540. The van der Waals surface area contributed by atoms with Crippen LogP contribution < -0.4 is 0 Å². The molecule has 80 valence electrons. The second kappa shape index (κ2) is 4.94. The van der Waals surface area contributed by atoms with Crippen molar-refractivity contribution in [1.82, 2.24) is 0 Å². The van der Waals surface area contributed by atoms with E-state index in [1.54, 1.807) is 24.3 Å². The topological polar surface area (TPSA) is 38.5 Å². The molecule has 0 unspecified atom stereocenters. The van der Waals surface area contributed by atoms with Gasteiger partial charge in [0.15, 0.2) is 9.84 Å². The van der Waals surface area contributed by atoms with Gasteiger partial charge in [-0.2, -0.15) is 0 Å². The first kappa shape index (κ1) is 11.7. The summed E-state index contributed by atoms with van der Waals surface area (Å²) in [4.78, 5) is 3.48. The molecule has 1 aromatic rings. The van der Waals surface area contributed by atoms with Gasteiger partial charge >= 0.3 is 0 Å². The van der Waals surface area contributed by atoms with Crippen molar-refractivity contribution >= 4 is 9.84 Å². The van der Waals surface area contributed by atoms with Crippen LogP contribution in [0.2, 0.25) is 0 Å². The Morgan fingerprint density at radius 3 is 2.40 bits per heavy atom. The second-order valence-electron chi connectivity index (χ2n) is 3.37. The Kier molecular flexibility index (Phi) is 3.87. The molecule has 0 atom stereocenters. The summed E-state index contributed by atoms with van der Waals surface area (Å²) < 4.78 is 23.4. The fourth-order valence-corrected chi connectivity index (χ4v) is 2.49. The first-order valence-electron chi connectivity index (χ1n) is 4.69. The lowest BCUT2D eigenvalue weighted by Gasteiger charge is -2.02. The molecule has 0 aliphatic heterocycles. The molecule has 0 saturated carbocycles. The SMILES string of the molecule is [C-]#[N+]CCCS(=O)(=O)c1ccc(C)cc1. The van der Waals surface area contributed by atoms with Crippen LogP contribution in [0.1, 0.15) is 12.0 Å². The van der Waals surface area contributed by atoms with Crippen LogP contribution >= 0.6 is 0 Å². The summed E-state index contributed by atoms with van der Waals surface area (Å²) in [6.45, 7) is 8.75. The fraction of sp³-hybridized carbons (Fsp3) is 0.364. The Hall–Kier alpha value is -1.34. The molecule has 0 amide bonds. The van der Waals surface area contributed by atoms with E-state index in [1.807, 2.05) is 6.92 Å². The first-order chi connectivity index (χ1) is 7.06. The Morgan fingerprint density at radius 1 is 1.27 bits per heavy atom. The van der Waals surface area contributed by atoms with E-state index < -0.39 is 9.84 Å². The van der Waals surface area contributed by atoms with Crippen molar-refractivity contribution in [2.75, 3.05) is 12.3 Å². The normalized spacial score (nSPS) is 10.9. The third kappa shape index (κ3) is 3.37. The zero-order valence-electron chi connectivity index (χ0n) is 8.60. The number of hydrogen-bond acceptors (Lipinski definition) is 2. The molecule has 4 heteroatoms. The quantitative estimate of drug-likeness (QED) is 0.579. The lowest BCUT2D eigenvalue weighted by atomic mass is 10.2.